The Kier molecular flexibility index (Phi) is 6.97. The average molecular weight is 439 g/mol. The van der Waals surface area contributed by atoms with Crippen LogP contribution in [0.25, 0.3) is 0 Å². The second kappa shape index (κ2) is 9.66. The van der Waals surface area contributed by atoms with E-state index in [2.05, 4.69) is 5.32 Å². The molecule has 3 aromatic rings. The number of benzene rings is 3. The van der Waals surface area contributed by atoms with Gasteiger partial charge in [-0.15, -0.1) is 0 Å². The van der Waals surface area contributed by atoms with Crippen LogP contribution in [0.3, 0.4) is 0 Å². The second-order valence-electron chi connectivity index (χ2n) is 7.29. The summed E-state index contributed by atoms with van der Waals surface area (Å²) in [7, 11) is -2.34. The highest BCUT2D eigenvalue weighted by atomic mass is 32.2. The number of hydrogen-bond acceptors (Lipinski definition) is 4. The van der Waals surface area contributed by atoms with Crippen LogP contribution in [0, 0.1) is 13.8 Å². The predicted octanol–water partition coefficient (Wildman–Crippen LogP) is 3.82. The number of ether oxygens (including phenoxy) is 1. The van der Waals surface area contributed by atoms with Gasteiger partial charge in [0, 0.05) is 6.54 Å². The lowest BCUT2D eigenvalue weighted by atomic mass is 10.2. The summed E-state index contributed by atoms with van der Waals surface area (Å²) < 4.78 is 33.0. The molecule has 162 valence electrons. The van der Waals surface area contributed by atoms with Crippen molar-refractivity contribution in [1.29, 1.82) is 0 Å². The molecule has 0 fully saturated rings. The molecule has 0 aliphatic heterocycles. The number of nitrogens with zero attached hydrogens (tertiary/aromatic N) is 1. The Morgan fingerprint density at radius 1 is 0.935 bits per heavy atom. The predicted molar refractivity (Wildman–Crippen MR) is 122 cm³/mol. The van der Waals surface area contributed by atoms with E-state index in [1.165, 1.54) is 0 Å². The van der Waals surface area contributed by atoms with E-state index < -0.39 is 15.9 Å². The van der Waals surface area contributed by atoms with Crippen molar-refractivity contribution < 1.29 is 17.9 Å². The maximum atomic E-state index is 13.4. The van der Waals surface area contributed by atoms with Gasteiger partial charge in [-0.3, -0.25) is 9.10 Å². The fourth-order valence-electron chi connectivity index (χ4n) is 3.03. The third-order valence-electron chi connectivity index (χ3n) is 4.84. The molecule has 1 N–H and O–H groups in total. The van der Waals surface area contributed by atoms with E-state index >= 15 is 0 Å². The minimum absolute atomic E-state index is 0.138. The summed E-state index contributed by atoms with van der Waals surface area (Å²) in [4.78, 5) is 12.8. The van der Waals surface area contributed by atoms with Crippen LogP contribution in [0.15, 0.2) is 77.7 Å². The van der Waals surface area contributed by atoms with Gasteiger partial charge in [-0.05, 0) is 55.8 Å². The number of sulfonamides is 1. The molecule has 6 nitrogen and oxygen atoms in total. The molecule has 0 radical (unpaired) electrons. The fourth-order valence-corrected chi connectivity index (χ4v) is 4.45. The molecule has 0 aliphatic rings. The summed E-state index contributed by atoms with van der Waals surface area (Å²) in [6, 6.07) is 21.0. The van der Waals surface area contributed by atoms with Crippen molar-refractivity contribution in [3.8, 4) is 5.75 Å². The Balaban J connectivity index is 1.83. The van der Waals surface area contributed by atoms with E-state index in [1.54, 1.807) is 43.5 Å². The van der Waals surface area contributed by atoms with E-state index in [-0.39, 0.29) is 18.0 Å². The van der Waals surface area contributed by atoms with Crippen molar-refractivity contribution in [2.75, 3.05) is 18.0 Å². The van der Waals surface area contributed by atoms with Crippen LogP contribution in [-0.2, 0) is 21.4 Å². The number of carbonyl (C=O) groups excluding carboxylic acids is 1. The number of amides is 1. The van der Waals surface area contributed by atoms with Crippen LogP contribution < -0.4 is 14.4 Å². The summed E-state index contributed by atoms with van der Waals surface area (Å²) in [6.07, 6.45) is 0. The van der Waals surface area contributed by atoms with Crippen LogP contribution in [0.4, 0.5) is 5.69 Å². The molecule has 0 saturated carbocycles. The highest BCUT2D eigenvalue weighted by Gasteiger charge is 2.27. The standard InChI is InChI=1S/C24H26N2O4S/c1-18-7-11-21(12-8-18)26(31(28,29)23-13-9-19(2)10-14-23)17-24(27)25-16-20-5-4-6-22(15-20)30-3/h4-15H,16-17H2,1-3H3,(H,25,27). The molecule has 0 atom stereocenters. The Morgan fingerprint density at radius 2 is 1.55 bits per heavy atom. The molecule has 0 aromatic heterocycles. The molecule has 3 aromatic carbocycles. The quantitative estimate of drug-likeness (QED) is 0.580. The van der Waals surface area contributed by atoms with Gasteiger partial charge in [0.25, 0.3) is 10.0 Å². The topological polar surface area (TPSA) is 75.7 Å². The molecule has 0 bridgehead atoms. The van der Waals surface area contributed by atoms with Crippen LogP contribution in [0.2, 0.25) is 0 Å². The maximum Gasteiger partial charge on any atom is 0.264 e. The van der Waals surface area contributed by atoms with Gasteiger partial charge in [0.1, 0.15) is 12.3 Å². The molecule has 0 spiro atoms. The van der Waals surface area contributed by atoms with Crippen LogP contribution in [0.1, 0.15) is 16.7 Å². The molecule has 1 amide bonds. The van der Waals surface area contributed by atoms with E-state index in [0.717, 1.165) is 21.0 Å². The van der Waals surface area contributed by atoms with E-state index in [1.807, 2.05) is 50.2 Å². The Morgan fingerprint density at radius 3 is 2.16 bits per heavy atom. The number of nitrogens with one attached hydrogen (secondary N) is 1. The van der Waals surface area contributed by atoms with Gasteiger partial charge in [-0.2, -0.15) is 0 Å². The molecule has 0 saturated heterocycles. The maximum absolute atomic E-state index is 13.4. The lowest BCUT2D eigenvalue weighted by Gasteiger charge is -2.24. The minimum atomic E-state index is -3.92. The number of anilines is 1. The van der Waals surface area contributed by atoms with Gasteiger partial charge in [0.15, 0.2) is 0 Å². The second-order valence-corrected chi connectivity index (χ2v) is 9.15. The van der Waals surface area contributed by atoms with E-state index in [4.69, 9.17) is 4.74 Å². The third-order valence-corrected chi connectivity index (χ3v) is 6.63. The zero-order chi connectivity index (χ0) is 22.4. The Bertz CT molecular complexity index is 1140. The van der Waals surface area contributed by atoms with E-state index in [9.17, 15) is 13.2 Å². The van der Waals surface area contributed by atoms with Crippen molar-refractivity contribution in [1.82, 2.24) is 5.32 Å². The summed E-state index contributed by atoms with van der Waals surface area (Å²) in [5.41, 5.74) is 3.24. The van der Waals surface area contributed by atoms with E-state index in [0.29, 0.717) is 11.4 Å². The highest BCUT2D eigenvalue weighted by molar-refractivity contribution is 7.92. The van der Waals surface area contributed by atoms with Gasteiger partial charge in [0.2, 0.25) is 5.91 Å². The van der Waals surface area contributed by atoms with Crippen molar-refractivity contribution in [3.63, 3.8) is 0 Å². The fraction of sp³-hybridized carbons (Fsp3) is 0.208. The molecule has 7 heteroatoms. The third kappa shape index (κ3) is 5.64. The van der Waals surface area contributed by atoms with Crippen molar-refractivity contribution in [2.24, 2.45) is 0 Å². The van der Waals surface area contributed by atoms with Crippen molar-refractivity contribution >= 4 is 21.6 Å². The SMILES string of the molecule is COc1cccc(CNC(=O)CN(c2ccc(C)cc2)S(=O)(=O)c2ccc(C)cc2)c1. The van der Waals surface area contributed by atoms with Gasteiger partial charge >= 0.3 is 0 Å². The van der Waals surface area contributed by atoms with Gasteiger partial charge in [-0.25, -0.2) is 8.42 Å². The molecular weight excluding hydrogens is 412 g/mol. The molecule has 31 heavy (non-hydrogen) atoms. The lowest BCUT2D eigenvalue weighted by molar-refractivity contribution is -0.119. The highest BCUT2D eigenvalue weighted by Crippen LogP contribution is 2.24. The van der Waals surface area contributed by atoms with Gasteiger partial charge in [-0.1, -0.05) is 47.5 Å². The van der Waals surface area contributed by atoms with Crippen LogP contribution >= 0.6 is 0 Å². The zero-order valence-electron chi connectivity index (χ0n) is 17.8. The van der Waals surface area contributed by atoms with Gasteiger partial charge in [0.05, 0.1) is 17.7 Å². The Labute approximate surface area is 183 Å². The monoisotopic (exact) mass is 438 g/mol. The summed E-state index contributed by atoms with van der Waals surface area (Å²) >= 11 is 0. The molecule has 0 unspecified atom stereocenters. The van der Waals surface area contributed by atoms with Crippen molar-refractivity contribution in [3.05, 3.63) is 89.5 Å². The first-order chi connectivity index (χ1) is 14.8. The number of aryl methyl sites for hydroxylation is 2. The number of hydrogen-bond donors (Lipinski definition) is 1. The molecule has 0 heterocycles. The first-order valence-corrected chi connectivity index (χ1v) is 11.3. The minimum Gasteiger partial charge on any atom is -0.497 e. The first kappa shape index (κ1) is 22.4. The molecular formula is C24H26N2O4S. The summed E-state index contributed by atoms with van der Waals surface area (Å²) in [5, 5.41) is 2.79. The first-order valence-electron chi connectivity index (χ1n) is 9.85. The normalized spacial score (nSPS) is 11.1. The smallest absolute Gasteiger partial charge is 0.264 e. The van der Waals surface area contributed by atoms with Gasteiger partial charge < -0.3 is 10.1 Å². The van der Waals surface area contributed by atoms with Crippen molar-refractivity contribution in [2.45, 2.75) is 25.3 Å². The number of methoxy groups -OCH3 is 1. The zero-order valence-corrected chi connectivity index (χ0v) is 18.6. The van der Waals surface area contributed by atoms with Crippen LogP contribution in [-0.4, -0.2) is 28.0 Å². The lowest BCUT2D eigenvalue weighted by Crippen LogP contribution is -2.40. The number of rotatable bonds is 8. The average Bonchev–Trinajstić information content (AvgIpc) is 2.77. The molecule has 0 aliphatic carbocycles. The largest absolute Gasteiger partial charge is 0.497 e. The van der Waals surface area contributed by atoms with Crippen LogP contribution in [0.5, 0.6) is 5.75 Å². The summed E-state index contributed by atoms with van der Waals surface area (Å²) in [6.45, 7) is 3.75. The number of carbonyl (C=O) groups is 1. The summed E-state index contributed by atoms with van der Waals surface area (Å²) in [5.74, 6) is 0.286. The Hall–Kier alpha value is -3.32. The molecule has 3 rings (SSSR count).